The highest BCUT2D eigenvalue weighted by molar-refractivity contribution is 7.90. The standard InChI is InChI=1S/C21H26N4O4S/c1-14(16(8-9-26)12-22-2)29-21-20-19(23-13-25(20)3)11-18(24-21)15-6-5-7-17(10-15)30(4,27)28/h5-7,9-11,13-14,16,22H,8,12H2,1-4H3/t14-,16-/m1/s1. The van der Waals surface area contributed by atoms with Crippen molar-refractivity contribution >= 4 is 27.2 Å². The van der Waals surface area contributed by atoms with Gasteiger partial charge in [0.1, 0.15) is 17.9 Å². The zero-order valence-electron chi connectivity index (χ0n) is 17.5. The van der Waals surface area contributed by atoms with E-state index in [1.807, 2.05) is 31.7 Å². The molecular weight excluding hydrogens is 404 g/mol. The third kappa shape index (κ3) is 4.68. The zero-order chi connectivity index (χ0) is 21.9. The first-order valence-electron chi connectivity index (χ1n) is 9.62. The summed E-state index contributed by atoms with van der Waals surface area (Å²) in [5, 5.41) is 3.09. The smallest absolute Gasteiger partial charge is 0.241 e. The predicted molar refractivity (Wildman–Crippen MR) is 115 cm³/mol. The summed E-state index contributed by atoms with van der Waals surface area (Å²) in [5.41, 5.74) is 2.64. The Labute approximate surface area is 176 Å². The van der Waals surface area contributed by atoms with Gasteiger partial charge in [-0.1, -0.05) is 12.1 Å². The number of imidazole rings is 1. The first-order chi connectivity index (χ1) is 14.2. The van der Waals surface area contributed by atoms with Gasteiger partial charge in [-0.15, -0.1) is 0 Å². The second-order valence-corrected chi connectivity index (χ2v) is 9.39. The largest absolute Gasteiger partial charge is 0.473 e. The van der Waals surface area contributed by atoms with Crippen LogP contribution in [0.1, 0.15) is 13.3 Å². The summed E-state index contributed by atoms with van der Waals surface area (Å²) >= 11 is 0. The van der Waals surface area contributed by atoms with Crippen molar-refractivity contribution in [1.29, 1.82) is 0 Å². The molecule has 2 heterocycles. The third-order valence-corrected chi connectivity index (χ3v) is 6.16. The van der Waals surface area contributed by atoms with Crippen LogP contribution in [-0.4, -0.2) is 55.2 Å². The Morgan fingerprint density at radius 1 is 1.30 bits per heavy atom. The number of carbonyl (C=O) groups excluding carboxylic acids is 1. The summed E-state index contributed by atoms with van der Waals surface area (Å²) < 4.78 is 31.9. The Hall–Kier alpha value is -2.78. The van der Waals surface area contributed by atoms with E-state index in [1.54, 1.807) is 30.6 Å². The van der Waals surface area contributed by atoms with Crippen molar-refractivity contribution in [1.82, 2.24) is 19.9 Å². The van der Waals surface area contributed by atoms with Gasteiger partial charge in [0.25, 0.3) is 0 Å². The lowest BCUT2D eigenvalue weighted by Gasteiger charge is -2.23. The number of benzene rings is 1. The van der Waals surface area contributed by atoms with Crippen LogP contribution >= 0.6 is 0 Å². The van der Waals surface area contributed by atoms with E-state index in [0.717, 1.165) is 11.8 Å². The van der Waals surface area contributed by atoms with Crippen molar-refractivity contribution in [3.05, 3.63) is 36.7 Å². The van der Waals surface area contributed by atoms with Gasteiger partial charge in [0.05, 0.1) is 22.4 Å². The number of hydrogen-bond acceptors (Lipinski definition) is 7. The maximum atomic E-state index is 11.9. The molecule has 2 aromatic heterocycles. The lowest BCUT2D eigenvalue weighted by atomic mass is 10.0. The van der Waals surface area contributed by atoms with Crippen LogP contribution in [0.3, 0.4) is 0 Å². The molecule has 30 heavy (non-hydrogen) atoms. The molecule has 0 amide bonds. The Morgan fingerprint density at radius 2 is 2.07 bits per heavy atom. The molecule has 0 aliphatic carbocycles. The minimum Gasteiger partial charge on any atom is -0.473 e. The van der Waals surface area contributed by atoms with E-state index >= 15 is 0 Å². The average molecular weight is 431 g/mol. The Kier molecular flexibility index (Phi) is 6.52. The molecular formula is C21H26N4O4S. The van der Waals surface area contributed by atoms with Gasteiger partial charge in [-0.05, 0) is 32.2 Å². The van der Waals surface area contributed by atoms with Crippen LogP contribution in [0.15, 0.2) is 41.6 Å². The van der Waals surface area contributed by atoms with E-state index in [-0.39, 0.29) is 16.9 Å². The summed E-state index contributed by atoms with van der Waals surface area (Å²) in [5.74, 6) is 0.376. The number of fused-ring (bicyclic) bond motifs is 1. The molecule has 0 fully saturated rings. The van der Waals surface area contributed by atoms with Gasteiger partial charge in [-0.2, -0.15) is 0 Å². The van der Waals surface area contributed by atoms with E-state index < -0.39 is 9.84 Å². The number of aromatic nitrogens is 3. The quantitative estimate of drug-likeness (QED) is 0.519. The van der Waals surface area contributed by atoms with Crippen LogP contribution in [0.25, 0.3) is 22.3 Å². The van der Waals surface area contributed by atoms with Crippen LogP contribution in [-0.2, 0) is 21.7 Å². The van der Waals surface area contributed by atoms with Gasteiger partial charge < -0.3 is 19.4 Å². The van der Waals surface area contributed by atoms with Crippen molar-refractivity contribution in [2.75, 3.05) is 19.8 Å². The van der Waals surface area contributed by atoms with Crippen LogP contribution in [0.5, 0.6) is 5.88 Å². The predicted octanol–water partition coefficient (Wildman–Crippen LogP) is 2.23. The van der Waals surface area contributed by atoms with Crippen LogP contribution in [0.2, 0.25) is 0 Å². The Morgan fingerprint density at radius 3 is 2.73 bits per heavy atom. The lowest BCUT2D eigenvalue weighted by molar-refractivity contribution is -0.109. The van der Waals surface area contributed by atoms with Crippen molar-refractivity contribution in [3.8, 4) is 17.1 Å². The highest BCUT2D eigenvalue weighted by Gasteiger charge is 2.22. The number of sulfone groups is 1. The molecule has 0 saturated carbocycles. The van der Waals surface area contributed by atoms with E-state index in [9.17, 15) is 13.2 Å². The maximum absolute atomic E-state index is 11.9. The van der Waals surface area contributed by atoms with E-state index in [1.165, 1.54) is 6.26 Å². The number of nitrogens with one attached hydrogen (secondary N) is 1. The molecule has 1 aromatic carbocycles. The average Bonchev–Trinajstić information content (AvgIpc) is 3.08. The minimum atomic E-state index is -3.34. The molecule has 3 aromatic rings. The summed E-state index contributed by atoms with van der Waals surface area (Å²) in [4.78, 5) is 20.4. The molecule has 8 nitrogen and oxygen atoms in total. The molecule has 0 aliphatic heterocycles. The van der Waals surface area contributed by atoms with Crippen molar-refractivity contribution in [2.45, 2.75) is 24.3 Å². The minimum absolute atomic E-state index is 0.0187. The van der Waals surface area contributed by atoms with Gasteiger partial charge in [0, 0.05) is 37.8 Å². The second-order valence-electron chi connectivity index (χ2n) is 7.38. The van der Waals surface area contributed by atoms with Gasteiger partial charge in [-0.25, -0.2) is 18.4 Å². The van der Waals surface area contributed by atoms with Crippen LogP contribution in [0, 0.1) is 5.92 Å². The van der Waals surface area contributed by atoms with Crippen molar-refractivity contribution in [3.63, 3.8) is 0 Å². The fourth-order valence-electron chi connectivity index (χ4n) is 3.35. The van der Waals surface area contributed by atoms with Gasteiger partial charge >= 0.3 is 0 Å². The van der Waals surface area contributed by atoms with Crippen LogP contribution < -0.4 is 10.1 Å². The number of nitrogens with zero attached hydrogens (tertiary/aromatic N) is 3. The van der Waals surface area contributed by atoms with Gasteiger partial charge in [0.15, 0.2) is 9.84 Å². The third-order valence-electron chi connectivity index (χ3n) is 5.05. The molecule has 1 N–H and O–H groups in total. The highest BCUT2D eigenvalue weighted by atomic mass is 32.2. The molecule has 2 atom stereocenters. The van der Waals surface area contributed by atoms with Crippen molar-refractivity contribution in [2.24, 2.45) is 13.0 Å². The summed E-state index contributed by atoms with van der Waals surface area (Å²) in [6.07, 6.45) is 3.84. The number of aryl methyl sites for hydroxylation is 1. The zero-order valence-corrected chi connectivity index (χ0v) is 18.3. The molecule has 9 heteroatoms. The van der Waals surface area contributed by atoms with Gasteiger partial charge in [-0.3, -0.25) is 0 Å². The van der Waals surface area contributed by atoms with Crippen LogP contribution in [0.4, 0.5) is 0 Å². The fraction of sp³-hybridized carbons (Fsp3) is 0.381. The van der Waals surface area contributed by atoms with E-state index in [0.29, 0.717) is 35.6 Å². The van der Waals surface area contributed by atoms with Crippen molar-refractivity contribution < 1.29 is 17.9 Å². The molecule has 0 bridgehead atoms. The first kappa shape index (κ1) is 21.9. The summed E-state index contributed by atoms with van der Waals surface area (Å²) in [6.45, 7) is 2.54. The number of ether oxygens (including phenoxy) is 1. The maximum Gasteiger partial charge on any atom is 0.241 e. The molecule has 0 aliphatic rings. The molecule has 0 spiro atoms. The van der Waals surface area contributed by atoms with E-state index in [4.69, 9.17) is 4.74 Å². The number of pyridine rings is 1. The Bertz CT molecular complexity index is 1160. The number of rotatable bonds is 9. The molecule has 0 radical (unpaired) electrons. The SMILES string of the molecule is CNC[C@@H](CC=O)[C@@H](C)Oc1nc(-c2cccc(S(C)(=O)=O)c2)cc2ncn(C)c12. The number of hydrogen-bond donors (Lipinski definition) is 1. The highest BCUT2D eigenvalue weighted by Crippen LogP contribution is 2.31. The van der Waals surface area contributed by atoms with Gasteiger partial charge in [0.2, 0.25) is 5.88 Å². The monoisotopic (exact) mass is 430 g/mol. The lowest BCUT2D eigenvalue weighted by Crippen LogP contribution is -2.32. The molecule has 0 saturated heterocycles. The summed E-state index contributed by atoms with van der Waals surface area (Å²) in [7, 11) is 0.343. The molecule has 160 valence electrons. The number of carbonyl (C=O) groups is 1. The van der Waals surface area contributed by atoms with E-state index in [2.05, 4.69) is 15.3 Å². The normalized spacial score (nSPS) is 13.9. The molecule has 0 unspecified atom stereocenters. The Balaban J connectivity index is 2.07. The first-order valence-corrected chi connectivity index (χ1v) is 11.5. The second kappa shape index (κ2) is 8.93. The number of aldehydes is 1. The summed E-state index contributed by atoms with van der Waals surface area (Å²) in [6, 6.07) is 8.45. The topological polar surface area (TPSA) is 103 Å². The fourth-order valence-corrected chi connectivity index (χ4v) is 4.02. The molecule has 3 rings (SSSR count).